The second-order valence-electron chi connectivity index (χ2n) is 5.56. The summed E-state index contributed by atoms with van der Waals surface area (Å²) >= 11 is 6.00. The number of hydrogen-bond donors (Lipinski definition) is 0. The Kier molecular flexibility index (Phi) is 3.86. The Balaban J connectivity index is 2.91. The van der Waals surface area contributed by atoms with Gasteiger partial charge < -0.3 is 4.57 Å². The molecule has 20 heavy (non-hydrogen) atoms. The molecule has 4 nitrogen and oxygen atoms in total. The van der Waals surface area contributed by atoms with Crippen molar-refractivity contribution >= 4 is 32.5 Å². The van der Waals surface area contributed by atoms with Crippen molar-refractivity contribution in [1.82, 2.24) is 9.55 Å². The van der Waals surface area contributed by atoms with Gasteiger partial charge in [0.15, 0.2) is 9.84 Å². The Morgan fingerprint density at radius 3 is 2.50 bits per heavy atom. The number of fused-ring (bicyclic) bond motifs is 1. The SMILES string of the molecule is CCC(C)(C)n1c(CCl)nc2c(S(C)(=O)=O)cccc21. The molecule has 0 N–H and O–H groups in total. The van der Waals surface area contributed by atoms with E-state index in [4.69, 9.17) is 11.6 Å². The molecule has 0 aliphatic carbocycles. The van der Waals surface area contributed by atoms with Crippen LogP contribution in [0.5, 0.6) is 0 Å². The number of rotatable bonds is 4. The maximum absolute atomic E-state index is 11.9. The molecule has 1 aromatic carbocycles. The highest BCUT2D eigenvalue weighted by atomic mass is 35.5. The smallest absolute Gasteiger partial charge is 0.177 e. The van der Waals surface area contributed by atoms with E-state index >= 15 is 0 Å². The number of halogens is 1. The highest BCUT2D eigenvalue weighted by Crippen LogP contribution is 2.31. The number of hydrogen-bond acceptors (Lipinski definition) is 3. The summed E-state index contributed by atoms with van der Waals surface area (Å²) in [5.74, 6) is 0.950. The first-order chi connectivity index (χ1) is 9.22. The fourth-order valence-corrected chi connectivity index (χ4v) is 3.35. The van der Waals surface area contributed by atoms with Gasteiger partial charge in [-0.25, -0.2) is 13.4 Å². The lowest BCUT2D eigenvalue weighted by molar-refractivity contribution is 0.344. The van der Waals surface area contributed by atoms with Crippen molar-refractivity contribution in [3.05, 3.63) is 24.0 Å². The standard InChI is InChI=1S/C14H19ClN2O2S/c1-5-14(2,3)17-10-7-6-8-11(20(4,18)19)13(10)16-12(17)9-15/h6-8H,5,9H2,1-4H3. The van der Waals surface area contributed by atoms with Crippen molar-refractivity contribution < 1.29 is 8.42 Å². The van der Waals surface area contributed by atoms with Gasteiger partial charge in [-0.15, -0.1) is 11.6 Å². The Morgan fingerprint density at radius 1 is 1.35 bits per heavy atom. The Hall–Kier alpha value is -1.07. The predicted molar refractivity (Wildman–Crippen MR) is 82.0 cm³/mol. The van der Waals surface area contributed by atoms with Crippen molar-refractivity contribution in [2.24, 2.45) is 0 Å². The molecule has 6 heteroatoms. The molecule has 0 amide bonds. The van der Waals surface area contributed by atoms with Crippen molar-refractivity contribution in [3.63, 3.8) is 0 Å². The summed E-state index contributed by atoms with van der Waals surface area (Å²) in [5.41, 5.74) is 1.15. The second kappa shape index (κ2) is 5.04. The fourth-order valence-electron chi connectivity index (χ4n) is 2.34. The van der Waals surface area contributed by atoms with Crippen LogP contribution in [0.3, 0.4) is 0 Å². The number of imidazole rings is 1. The molecule has 2 aromatic rings. The van der Waals surface area contributed by atoms with E-state index in [0.29, 0.717) is 11.3 Å². The molecule has 0 spiro atoms. The maximum atomic E-state index is 11.9. The number of sulfone groups is 1. The zero-order valence-corrected chi connectivity index (χ0v) is 13.7. The number of nitrogens with zero attached hydrogens (tertiary/aromatic N) is 2. The van der Waals surface area contributed by atoms with E-state index in [2.05, 4.69) is 25.8 Å². The maximum Gasteiger partial charge on any atom is 0.177 e. The lowest BCUT2D eigenvalue weighted by Gasteiger charge is -2.27. The topological polar surface area (TPSA) is 52.0 Å². The summed E-state index contributed by atoms with van der Waals surface area (Å²) in [6.07, 6.45) is 2.09. The lowest BCUT2D eigenvalue weighted by atomic mass is 10.0. The molecular formula is C14H19ClN2O2S. The largest absolute Gasteiger partial charge is 0.321 e. The molecule has 0 saturated carbocycles. The molecular weight excluding hydrogens is 296 g/mol. The van der Waals surface area contributed by atoms with E-state index in [-0.39, 0.29) is 16.3 Å². The molecule has 0 radical (unpaired) electrons. The molecule has 0 aliphatic heterocycles. The van der Waals surface area contributed by atoms with Crippen LogP contribution in [-0.2, 0) is 21.3 Å². The minimum Gasteiger partial charge on any atom is -0.321 e. The molecule has 0 saturated heterocycles. The van der Waals surface area contributed by atoms with Gasteiger partial charge in [-0.05, 0) is 32.4 Å². The highest BCUT2D eigenvalue weighted by Gasteiger charge is 2.26. The number of benzene rings is 1. The molecule has 1 aromatic heterocycles. The van der Waals surface area contributed by atoms with Gasteiger partial charge in [-0.2, -0.15) is 0 Å². The van der Waals surface area contributed by atoms with Crippen molar-refractivity contribution in [2.45, 2.75) is 43.5 Å². The third kappa shape index (κ3) is 2.44. The Labute approximate surface area is 124 Å². The third-order valence-corrected chi connectivity index (χ3v) is 5.07. The summed E-state index contributed by atoms with van der Waals surface area (Å²) in [6.45, 7) is 6.28. The van der Waals surface area contributed by atoms with Crippen LogP contribution in [0.25, 0.3) is 11.0 Å². The number of alkyl halides is 1. The lowest BCUT2D eigenvalue weighted by Crippen LogP contribution is -2.26. The van der Waals surface area contributed by atoms with Gasteiger partial charge in [0.2, 0.25) is 0 Å². The van der Waals surface area contributed by atoms with E-state index in [9.17, 15) is 8.42 Å². The van der Waals surface area contributed by atoms with E-state index < -0.39 is 9.84 Å². The minimum absolute atomic E-state index is 0.172. The fraction of sp³-hybridized carbons (Fsp3) is 0.500. The first-order valence-corrected chi connectivity index (χ1v) is 8.92. The van der Waals surface area contributed by atoms with Crippen LogP contribution >= 0.6 is 11.6 Å². The molecule has 2 rings (SSSR count). The van der Waals surface area contributed by atoms with Crippen molar-refractivity contribution in [3.8, 4) is 0 Å². The quantitative estimate of drug-likeness (QED) is 0.813. The van der Waals surface area contributed by atoms with E-state index in [1.54, 1.807) is 12.1 Å². The van der Waals surface area contributed by atoms with Crippen LogP contribution in [0.15, 0.2) is 23.1 Å². The van der Waals surface area contributed by atoms with Gasteiger partial charge in [0.05, 0.1) is 16.3 Å². The molecule has 0 aliphatic rings. The normalized spacial score (nSPS) is 13.1. The van der Waals surface area contributed by atoms with E-state index in [1.165, 1.54) is 6.26 Å². The summed E-state index contributed by atoms with van der Waals surface area (Å²) < 4.78 is 25.8. The average molecular weight is 315 g/mol. The monoisotopic (exact) mass is 314 g/mol. The first kappa shape index (κ1) is 15.3. The van der Waals surface area contributed by atoms with E-state index in [0.717, 1.165) is 11.9 Å². The van der Waals surface area contributed by atoms with Crippen LogP contribution in [0.1, 0.15) is 33.0 Å². The van der Waals surface area contributed by atoms with Gasteiger partial charge in [0.1, 0.15) is 11.3 Å². The summed E-state index contributed by atoms with van der Waals surface area (Å²) in [4.78, 5) is 4.72. The van der Waals surface area contributed by atoms with Crippen molar-refractivity contribution in [1.29, 1.82) is 0 Å². The zero-order valence-electron chi connectivity index (χ0n) is 12.1. The third-order valence-electron chi connectivity index (χ3n) is 3.71. The number of aromatic nitrogens is 2. The second-order valence-corrected chi connectivity index (χ2v) is 7.81. The van der Waals surface area contributed by atoms with Gasteiger partial charge in [-0.3, -0.25) is 0 Å². The molecule has 0 unspecified atom stereocenters. The molecule has 110 valence electrons. The number of para-hydroxylation sites is 1. The minimum atomic E-state index is -3.31. The zero-order chi connectivity index (χ0) is 15.1. The molecule has 1 heterocycles. The highest BCUT2D eigenvalue weighted by molar-refractivity contribution is 7.91. The van der Waals surface area contributed by atoms with Gasteiger partial charge >= 0.3 is 0 Å². The summed E-state index contributed by atoms with van der Waals surface area (Å²) in [5, 5.41) is 0. The van der Waals surface area contributed by atoms with Crippen LogP contribution in [-0.4, -0.2) is 24.2 Å². The molecule has 0 fully saturated rings. The summed E-state index contributed by atoms with van der Waals surface area (Å²) in [6, 6.07) is 5.23. The van der Waals surface area contributed by atoms with Gasteiger partial charge in [0.25, 0.3) is 0 Å². The first-order valence-electron chi connectivity index (χ1n) is 6.49. The predicted octanol–water partition coefficient (Wildman–Crippen LogP) is 3.32. The molecule has 0 bridgehead atoms. The Morgan fingerprint density at radius 2 is 2.00 bits per heavy atom. The average Bonchev–Trinajstić information content (AvgIpc) is 2.76. The van der Waals surface area contributed by atoms with Gasteiger partial charge in [-0.1, -0.05) is 13.0 Å². The van der Waals surface area contributed by atoms with Gasteiger partial charge in [0, 0.05) is 11.8 Å². The van der Waals surface area contributed by atoms with Crippen LogP contribution in [0, 0.1) is 0 Å². The summed E-state index contributed by atoms with van der Waals surface area (Å²) in [7, 11) is -3.31. The van der Waals surface area contributed by atoms with Crippen molar-refractivity contribution in [2.75, 3.05) is 6.26 Å². The Bertz CT molecular complexity index is 748. The van der Waals surface area contributed by atoms with Crippen LogP contribution < -0.4 is 0 Å². The van der Waals surface area contributed by atoms with Crippen LogP contribution in [0.2, 0.25) is 0 Å². The van der Waals surface area contributed by atoms with E-state index in [1.807, 2.05) is 10.6 Å². The van der Waals surface area contributed by atoms with Crippen LogP contribution in [0.4, 0.5) is 0 Å². The molecule has 0 atom stereocenters.